The van der Waals surface area contributed by atoms with Crippen LogP contribution < -0.4 is 10.4 Å². The first-order valence-electron chi connectivity index (χ1n) is 9.81. The summed E-state index contributed by atoms with van der Waals surface area (Å²) >= 11 is 6.03. The minimum absolute atomic E-state index is 0.0398. The molecule has 32 heavy (non-hydrogen) atoms. The van der Waals surface area contributed by atoms with Crippen molar-refractivity contribution >= 4 is 34.3 Å². The standard InChI is InChI=1S/C25H15ClO6/c26-14-11-9-13(10-12-14)19-20(22(28)15-5-1-3-7-17(15)27)24(29)32-23-16-6-2-4-8-18(16)31-25(30)21(19)23/h1-12,19-20,27H/t19-,20+/m1/s1. The number of fused-ring (bicyclic) bond motifs is 3. The van der Waals surface area contributed by atoms with Gasteiger partial charge in [-0.15, -0.1) is 0 Å². The summed E-state index contributed by atoms with van der Waals surface area (Å²) in [6, 6.07) is 19.1. The summed E-state index contributed by atoms with van der Waals surface area (Å²) in [6.07, 6.45) is 0. The molecule has 5 rings (SSSR count). The zero-order valence-corrected chi connectivity index (χ0v) is 17.2. The van der Waals surface area contributed by atoms with E-state index in [4.69, 9.17) is 20.8 Å². The highest BCUT2D eigenvalue weighted by Crippen LogP contribution is 2.45. The third-order valence-electron chi connectivity index (χ3n) is 5.58. The van der Waals surface area contributed by atoms with E-state index in [2.05, 4.69) is 0 Å². The molecule has 2 atom stereocenters. The molecule has 0 amide bonds. The number of benzene rings is 3. The number of halogens is 1. The number of para-hydroxylation sites is 2. The number of hydrogen-bond donors (Lipinski definition) is 1. The van der Waals surface area contributed by atoms with Gasteiger partial charge >= 0.3 is 11.6 Å². The Labute approximate surface area is 186 Å². The van der Waals surface area contributed by atoms with Gasteiger partial charge < -0.3 is 14.3 Å². The summed E-state index contributed by atoms with van der Waals surface area (Å²) in [5.74, 6) is -4.06. The summed E-state index contributed by atoms with van der Waals surface area (Å²) in [5, 5.41) is 11.1. The van der Waals surface area contributed by atoms with Crippen molar-refractivity contribution in [2.75, 3.05) is 0 Å². The van der Waals surface area contributed by atoms with Crippen molar-refractivity contribution in [1.82, 2.24) is 0 Å². The largest absolute Gasteiger partial charge is 0.507 e. The number of esters is 1. The molecule has 1 N–H and O–H groups in total. The Hall–Kier alpha value is -3.90. The second-order valence-corrected chi connectivity index (χ2v) is 7.87. The van der Waals surface area contributed by atoms with E-state index in [9.17, 15) is 19.5 Å². The smallest absolute Gasteiger partial charge is 0.343 e. The molecule has 6 nitrogen and oxygen atoms in total. The molecule has 0 fully saturated rings. The molecular formula is C25H15ClO6. The van der Waals surface area contributed by atoms with Gasteiger partial charge in [0.2, 0.25) is 0 Å². The van der Waals surface area contributed by atoms with Crippen LogP contribution in [0.4, 0.5) is 0 Å². The summed E-state index contributed by atoms with van der Waals surface area (Å²) in [7, 11) is 0. The van der Waals surface area contributed by atoms with E-state index in [1.54, 1.807) is 60.7 Å². The van der Waals surface area contributed by atoms with Crippen LogP contribution in [0.1, 0.15) is 27.4 Å². The van der Waals surface area contributed by atoms with Crippen LogP contribution in [0.5, 0.6) is 11.5 Å². The van der Waals surface area contributed by atoms with Gasteiger partial charge in [-0.1, -0.05) is 48.0 Å². The van der Waals surface area contributed by atoms with E-state index in [0.29, 0.717) is 16.0 Å². The van der Waals surface area contributed by atoms with Gasteiger partial charge in [-0.3, -0.25) is 9.59 Å². The van der Waals surface area contributed by atoms with Crippen molar-refractivity contribution < 1.29 is 23.8 Å². The Bertz CT molecular complexity index is 1440. The number of Topliss-reactive ketones (excluding diaryl/α,β-unsaturated/α-hetero) is 1. The molecule has 0 unspecified atom stereocenters. The maximum atomic E-state index is 13.4. The van der Waals surface area contributed by atoms with Gasteiger partial charge in [0.15, 0.2) is 11.5 Å². The second-order valence-electron chi connectivity index (χ2n) is 7.44. The average molecular weight is 447 g/mol. The molecule has 0 saturated heterocycles. The van der Waals surface area contributed by atoms with Gasteiger partial charge in [-0.05, 0) is 42.0 Å². The summed E-state index contributed by atoms with van der Waals surface area (Å²) in [5.41, 5.74) is 0.107. The summed E-state index contributed by atoms with van der Waals surface area (Å²) in [6.45, 7) is 0. The molecule has 1 aliphatic heterocycles. The molecule has 0 radical (unpaired) electrons. The highest BCUT2D eigenvalue weighted by molar-refractivity contribution is 6.30. The van der Waals surface area contributed by atoms with E-state index in [0.717, 1.165) is 0 Å². The van der Waals surface area contributed by atoms with Gasteiger partial charge in [-0.2, -0.15) is 0 Å². The number of ether oxygens (including phenoxy) is 1. The second kappa shape index (κ2) is 7.66. The van der Waals surface area contributed by atoms with Crippen molar-refractivity contribution in [3.63, 3.8) is 0 Å². The molecule has 158 valence electrons. The van der Waals surface area contributed by atoms with Crippen LogP contribution in [0.15, 0.2) is 82.0 Å². The normalized spacial score (nSPS) is 17.6. The maximum Gasteiger partial charge on any atom is 0.343 e. The first-order chi connectivity index (χ1) is 15.5. The van der Waals surface area contributed by atoms with Crippen LogP contribution in [0.3, 0.4) is 0 Å². The molecule has 3 aromatic carbocycles. The first kappa shape index (κ1) is 20.0. The van der Waals surface area contributed by atoms with Crippen LogP contribution in [0, 0.1) is 5.92 Å². The maximum absolute atomic E-state index is 13.4. The number of aromatic hydroxyl groups is 1. The number of phenolic OH excluding ortho intramolecular Hbond substituents is 1. The van der Waals surface area contributed by atoms with Crippen molar-refractivity contribution in [3.8, 4) is 11.5 Å². The van der Waals surface area contributed by atoms with Crippen molar-refractivity contribution in [2.24, 2.45) is 5.92 Å². The molecule has 0 saturated carbocycles. The highest BCUT2D eigenvalue weighted by atomic mass is 35.5. The molecule has 1 aliphatic rings. The summed E-state index contributed by atoms with van der Waals surface area (Å²) in [4.78, 5) is 39.7. The monoisotopic (exact) mass is 446 g/mol. The van der Waals surface area contributed by atoms with Gasteiger partial charge in [0, 0.05) is 10.9 Å². The number of ketones is 1. The molecule has 0 aliphatic carbocycles. The topological polar surface area (TPSA) is 93.8 Å². The quantitative estimate of drug-likeness (QED) is 0.212. The lowest BCUT2D eigenvalue weighted by Gasteiger charge is -2.31. The van der Waals surface area contributed by atoms with E-state index in [-0.39, 0.29) is 28.2 Å². The fraction of sp³-hybridized carbons (Fsp3) is 0.0800. The van der Waals surface area contributed by atoms with E-state index < -0.39 is 29.2 Å². The summed E-state index contributed by atoms with van der Waals surface area (Å²) < 4.78 is 11.1. The third kappa shape index (κ3) is 3.16. The number of phenols is 1. The molecular weight excluding hydrogens is 432 g/mol. The lowest BCUT2D eigenvalue weighted by atomic mass is 9.75. The molecule has 1 aromatic heterocycles. The van der Waals surface area contributed by atoms with Crippen LogP contribution in [0.2, 0.25) is 5.02 Å². The fourth-order valence-corrected chi connectivity index (χ4v) is 4.24. The highest BCUT2D eigenvalue weighted by Gasteiger charge is 2.46. The Balaban J connectivity index is 1.79. The van der Waals surface area contributed by atoms with E-state index >= 15 is 0 Å². The zero-order chi connectivity index (χ0) is 22.4. The SMILES string of the molecule is O=C1Oc2c(c(=O)oc3ccccc23)[C@H](c2ccc(Cl)cc2)[C@H]1C(=O)c1ccccc1O. The number of carbonyl (C=O) groups excluding carboxylic acids is 2. The molecule has 0 bridgehead atoms. The molecule has 2 heterocycles. The van der Waals surface area contributed by atoms with Crippen LogP contribution in [-0.4, -0.2) is 16.9 Å². The van der Waals surface area contributed by atoms with Crippen molar-refractivity contribution in [2.45, 2.75) is 5.92 Å². The minimum atomic E-state index is -1.40. The van der Waals surface area contributed by atoms with Gasteiger partial charge in [0.25, 0.3) is 0 Å². The van der Waals surface area contributed by atoms with Crippen LogP contribution in [0.25, 0.3) is 11.0 Å². The Morgan fingerprint density at radius 3 is 2.34 bits per heavy atom. The molecule has 0 spiro atoms. The molecule has 4 aromatic rings. The average Bonchev–Trinajstić information content (AvgIpc) is 2.79. The number of hydrogen-bond acceptors (Lipinski definition) is 6. The fourth-order valence-electron chi connectivity index (χ4n) is 4.12. The van der Waals surface area contributed by atoms with E-state index in [1.165, 1.54) is 12.1 Å². The first-order valence-corrected chi connectivity index (χ1v) is 10.2. The zero-order valence-electron chi connectivity index (χ0n) is 16.4. The Morgan fingerprint density at radius 2 is 1.59 bits per heavy atom. The Morgan fingerprint density at radius 1 is 0.906 bits per heavy atom. The number of carbonyl (C=O) groups is 2. The number of rotatable bonds is 3. The van der Waals surface area contributed by atoms with Crippen LogP contribution in [-0.2, 0) is 4.79 Å². The lowest BCUT2D eigenvalue weighted by molar-refractivity contribution is -0.138. The Kier molecular flexibility index (Phi) is 4.79. The minimum Gasteiger partial charge on any atom is -0.507 e. The lowest BCUT2D eigenvalue weighted by Crippen LogP contribution is -2.40. The van der Waals surface area contributed by atoms with Crippen LogP contribution >= 0.6 is 11.6 Å². The van der Waals surface area contributed by atoms with Crippen molar-refractivity contribution in [1.29, 1.82) is 0 Å². The third-order valence-corrected chi connectivity index (χ3v) is 5.83. The molecule has 7 heteroatoms. The predicted molar refractivity (Wildman–Crippen MR) is 117 cm³/mol. The van der Waals surface area contributed by atoms with Crippen molar-refractivity contribution in [3.05, 3.63) is 105 Å². The predicted octanol–water partition coefficient (Wildman–Crippen LogP) is 4.70. The van der Waals surface area contributed by atoms with E-state index in [1.807, 2.05) is 0 Å². The van der Waals surface area contributed by atoms with Gasteiger partial charge in [-0.25, -0.2) is 4.79 Å². The van der Waals surface area contributed by atoms with Gasteiger partial charge in [0.1, 0.15) is 17.3 Å². The van der Waals surface area contributed by atoms with Gasteiger partial charge in [0.05, 0.1) is 16.5 Å².